The molecule has 6 nitrogen and oxygen atoms in total. The van der Waals surface area contributed by atoms with E-state index in [1.165, 1.54) is 4.90 Å². The van der Waals surface area contributed by atoms with Crippen LogP contribution in [-0.2, 0) is 26.0 Å². The topological polar surface area (TPSA) is 83.6 Å². The van der Waals surface area contributed by atoms with Crippen LogP contribution in [0.15, 0.2) is 30.3 Å². The van der Waals surface area contributed by atoms with Crippen LogP contribution in [0.2, 0.25) is 0 Å². The van der Waals surface area contributed by atoms with Gasteiger partial charge in [0.25, 0.3) is 0 Å². The number of nitrogens with zero attached hydrogens (tertiary/aromatic N) is 1. The lowest BCUT2D eigenvalue weighted by atomic mass is 10.2. The quantitative estimate of drug-likeness (QED) is 0.775. The lowest BCUT2D eigenvalue weighted by molar-refractivity contribution is -0.137. The maximum absolute atomic E-state index is 12.3. The van der Waals surface area contributed by atoms with Crippen LogP contribution in [0.4, 0.5) is 0 Å². The highest BCUT2D eigenvalue weighted by molar-refractivity contribution is 7.91. The van der Waals surface area contributed by atoms with E-state index >= 15 is 0 Å². The van der Waals surface area contributed by atoms with E-state index in [4.69, 9.17) is 0 Å². The molecule has 1 heterocycles. The third-order valence-corrected chi connectivity index (χ3v) is 5.70. The SMILES string of the molecule is CCN(C(=O)CC(=O)NCc1ccccc1)C1CCS(=O)(=O)C1. The fourth-order valence-electron chi connectivity index (χ4n) is 2.76. The van der Waals surface area contributed by atoms with Gasteiger partial charge in [-0.1, -0.05) is 30.3 Å². The van der Waals surface area contributed by atoms with Crippen molar-refractivity contribution in [2.45, 2.75) is 32.4 Å². The Morgan fingerprint density at radius 2 is 1.96 bits per heavy atom. The zero-order valence-corrected chi connectivity index (χ0v) is 14.0. The van der Waals surface area contributed by atoms with Crippen molar-refractivity contribution in [3.8, 4) is 0 Å². The Kier molecular flexibility index (Phi) is 5.76. The summed E-state index contributed by atoms with van der Waals surface area (Å²) < 4.78 is 23.1. The number of amides is 2. The molecule has 1 unspecified atom stereocenters. The molecule has 1 aromatic rings. The molecule has 126 valence electrons. The minimum atomic E-state index is -3.05. The van der Waals surface area contributed by atoms with Crippen molar-refractivity contribution in [3.05, 3.63) is 35.9 Å². The first-order valence-electron chi connectivity index (χ1n) is 7.72. The molecular formula is C16H22N2O4S. The fourth-order valence-corrected chi connectivity index (χ4v) is 4.49. The predicted molar refractivity (Wildman–Crippen MR) is 87.4 cm³/mol. The highest BCUT2D eigenvalue weighted by Gasteiger charge is 2.34. The molecule has 1 atom stereocenters. The Morgan fingerprint density at radius 1 is 1.26 bits per heavy atom. The molecule has 1 N–H and O–H groups in total. The van der Waals surface area contributed by atoms with E-state index in [-0.39, 0.29) is 35.8 Å². The lowest BCUT2D eigenvalue weighted by Gasteiger charge is -2.26. The Hall–Kier alpha value is -1.89. The van der Waals surface area contributed by atoms with Crippen molar-refractivity contribution in [2.24, 2.45) is 0 Å². The van der Waals surface area contributed by atoms with Crippen LogP contribution in [-0.4, -0.2) is 49.2 Å². The molecule has 0 bridgehead atoms. The largest absolute Gasteiger partial charge is 0.352 e. The van der Waals surface area contributed by atoms with Gasteiger partial charge in [0.2, 0.25) is 11.8 Å². The van der Waals surface area contributed by atoms with Gasteiger partial charge in [-0.3, -0.25) is 9.59 Å². The summed E-state index contributed by atoms with van der Waals surface area (Å²) in [5.41, 5.74) is 0.961. The van der Waals surface area contributed by atoms with Gasteiger partial charge in [0.15, 0.2) is 9.84 Å². The number of carbonyl (C=O) groups is 2. The molecule has 0 spiro atoms. The van der Waals surface area contributed by atoms with Crippen LogP contribution in [0.5, 0.6) is 0 Å². The standard InChI is InChI=1S/C16H22N2O4S/c1-2-18(14-8-9-23(21,22)12-14)16(20)10-15(19)17-11-13-6-4-3-5-7-13/h3-7,14H,2,8-12H2,1H3,(H,17,19). The van der Waals surface area contributed by atoms with Gasteiger partial charge in [-0.05, 0) is 18.9 Å². The van der Waals surface area contributed by atoms with Crippen molar-refractivity contribution in [1.29, 1.82) is 0 Å². The highest BCUT2D eigenvalue weighted by atomic mass is 32.2. The van der Waals surface area contributed by atoms with Crippen molar-refractivity contribution in [2.75, 3.05) is 18.1 Å². The Morgan fingerprint density at radius 3 is 2.52 bits per heavy atom. The second-order valence-corrected chi connectivity index (χ2v) is 7.90. The minimum Gasteiger partial charge on any atom is -0.352 e. The van der Waals surface area contributed by atoms with Crippen LogP contribution < -0.4 is 5.32 Å². The predicted octanol–water partition coefficient (Wildman–Crippen LogP) is 0.728. The molecule has 0 radical (unpaired) electrons. The summed E-state index contributed by atoms with van der Waals surface area (Å²) >= 11 is 0. The number of hydrogen-bond acceptors (Lipinski definition) is 4. The normalized spacial score (nSPS) is 19.3. The number of nitrogens with one attached hydrogen (secondary N) is 1. The van der Waals surface area contributed by atoms with Crippen LogP contribution in [0.25, 0.3) is 0 Å². The molecule has 7 heteroatoms. The highest BCUT2D eigenvalue weighted by Crippen LogP contribution is 2.18. The average Bonchev–Trinajstić information content (AvgIpc) is 2.87. The number of carbonyl (C=O) groups excluding carboxylic acids is 2. The first-order chi connectivity index (χ1) is 10.9. The van der Waals surface area contributed by atoms with Crippen LogP contribution in [0.1, 0.15) is 25.3 Å². The van der Waals surface area contributed by atoms with Crippen LogP contribution in [0.3, 0.4) is 0 Å². The van der Waals surface area contributed by atoms with Gasteiger partial charge in [0, 0.05) is 19.1 Å². The summed E-state index contributed by atoms with van der Waals surface area (Å²) in [5, 5.41) is 2.71. The van der Waals surface area contributed by atoms with E-state index in [0.29, 0.717) is 19.5 Å². The molecular weight excluding hydrogens is 316 g/mol. The first-order valence-corrected chi connectivity index (χ1v) is 9.54. The molecule has 2 rings (SSSR count). The zero-order chi connectivity index (χ0) is 16.9. The maximum Gasteiger partial charge on any atom is 0.232 e. The first kappa shape index (κ1) is 17.5. The lowest BCUT2D eigenvalue weighted by Crippen LogP contribution is -2.43. The third kappa shape index (κ3) is 5.06. The molecule has 0 aliphatic carbocycles. The molecule has 1 aromatic carbocycles. The summed E-state index contributed by atoms with van der Waals surface area (Å²) in [5.74, 6) is -0.557. The van der Waals surface area contributed by atoms with E-state index in [2.05, 4.69) is 5.32 Å². The van der Waals surface area contributed by atoms with Crippen LogP contribution in [0, 0.1) is 0 Å². The van der Waals surface area contributed by atoms with E-state index < -0.39 is 9.84 Å². The number of sulfone groups is 1. The molecule has 1 aliphatic rings. The van der Waals surface area contributed by atoms with Crippen molar-refractivity contribution in [1.82, 2.24) is 10.2 Å². The van der Waals surface area contributed by atoms with Crippen molar-refractivity contribution in [3.63, 3.8) is 0 Å². The van der Waals surface area contributed by atoms with Crippen molar-refractivity contribution >= 4 is 21.7 Å². The van der Waals surface area contributed by atoms with Gasteiger partial charge in [0.05, 0.1) is 11.5 Å². The zero-order valence-electron chi connectivity index (χ0n) is 13.2. The van der Waals surface area contributed by atoms with Crippen LogP contribution >= 0.6 is 0 Å². The van der Waals surface area contributed by atoms with E-state index in [9.17, 15) is 18.0 Å². The smallest absolute Gasteiger partial charge is 0.232 e. The summed E-state index contributed by atoms with van der Waals surface area (Å²) in [4.78, 5) is 25.7. The monoisotopic (exact) mass is 338 g/mol. The van der Waals surface area contributed by atoms with E-state index in [1.807, 2.05) is 30.3 Å². The Labute approximate surface area is 136 Å². The third-order valence-electron chi connectivity index (χ3n) is 3.95. The van der Waals surface area contributed by atoms with Gasteiger partial charge in [-0.2, -0.15) is 0 Å². The summed E-state index contributed by atoms with van der Waals surface area (Å²) in [7, 11) is -3.05. The molecule has 1 fully saturated rings. The Balaban J connectivity index is 1.85. The molecule has 0 aromatic heterocycles. The summed E-state index contributed by atoms with van der Waals surface area (Å²) in [6.07, 6.45) is 0.199. The summed E-state index contributed by atoms with van der Waals surface area (Å²) in [6.45, 7) is 2.58. The van der Waals surface area contributed by atoms with E-state index in [1.54, 1.807) is 6.92 Å². The molecule has 0 saturated carbocycles. The number of rotatable bonds is 6. The minimum absolute atomic E-state index is 0.00177. The molecule has 23 heavy (non-hydrogen) atoms. The fraction of sp³-hybridized carbons (Fsp3) is 0.500. The molecule has 2 amide bonds. The van der Waals surface area contributed by atoms with Gasteiger partial charge in [-0.25, -0.2) is 8.42 Å². The van der Waals surface area contributed by atoms with Gasteiger partial charge in [-0.15, -0.1) is 0 Å². The van der Waals surface area contributed by atoms with Gasteiger partial charge < -0.3 is 10.2 Å². The Bertz CT molecular complexity index is 658. The number of hydrogen-bond donors (Lipinski definition) is 1. The summed E-state index contributed by atoms with van der Waals surface area (Å²) in [6, 6.07) is 9.13. The average molecular weight is 338 g/mol. The van der Waals surface area contributed by atoms with Gasteiger partial charge in [0.1, 0.15) is 6.42 Å². The molecule has 1 aliphatic heterocycles. The second-order valence-electron chi connectivity index (χ2n) is 5.68. The second kappa shape index (κ2) is 7.59. The maximum atomic E-state index is 12.3. The number of benzene rings is 1. The van der Waals surface area contributed by atoms with E-state index in [0.717, 1.165) is 5.56 Å². The molecule has 1 saturated heterocycles. The van der Waals surface area contributed by atoms with Crippen molar-refractivity contribution < 1.29 is 18.0 Å². The van der Waals surface area contributed by atoms with Gasteiger partial charge >= 0.3 is 0 Å².